The molecule has 0 aliphatic carbocycles. The zero-order valence-electron chi connectivity index (χ0n) is 21.1. The maximum atomic E-state index is 13.2. The first-order valence-electron chi connectivity index (χ1n) is 12.7. The second-order valence-corrected chi connectivity index (χ2v) is 9.35. The number of hydrogen-bond acceptors (Lipinski definition) is 8. The van der Waals surface area contributed by atoms with E-state index < -0.39 is 10.9 Å². The smallest absolute Gasteiger partial charge is 0.257 e. The maximum Gasteiger partial charge on any atom is 0.257 e. The molecule has 1 amide bonds. The van der Waals surface area contributed by atoms with Gasteiger partial charge in [-0.15, -0.1) is 0 Å². The summed E-state index contributed by atoms with van der Waals surface area (Å²) in [5, 5.41) is 21.2. The number of aromatic hydroxyl groups is 1. The minimum atomic E-state index is -0.667. The van der Waals surface area contributed by atoms with E-state index in [0.717, 1.165) is 5.56 Å². The van der Waals surface area contributed by atoms with Gasteiger partial charge in [0.25, 0.3) is 16.8 Å². The quantitative estimate of drug-likeness (QED) is 0.230. The van der Waals surface area contributed by atoms with Crippen LogP contribution in [0.3, 0.4) is 0 Å². The summed E-state index contributed by atoms with van der Waals surface area (Å²) in [6.45, 7) is 5.04. The standard InChI is InChI=1S/C28H30N6O4/c1-2-21(19-8-4-3-5-9-19)30-23-24(27(37)26(23)36)31-22-11-6-10-20(25(22)35)28(38)33-16-14-32(15-17-33)18-34-13-7-12-29-34/h3-13,21,30-31,35H,2,14-18H2,1H3/t21-/m1/s1. The van der Waals surface area contributed by atoms with E-state index in [9.17, 15) is 19.5 Å². The minimum absolute atomic E-state index is 0.0801. The van der Waals surface area contributed by atoms with Crippen LogP contribution in [-0.4, -0.2) is 56.8 Å². The third kappa shape index (κ3) is 5.03. The summed E-state index contributed by atoms with van der Waals surface area (Å²) in [6.07, 6.45) is 4.33. The Kier molecular flexibility index (Phi) is 7.23. The number of aromatic nitrogens is 2. The number of piperazine rings is 1. The van der Waals surface area contributed by atoms with Crippen molar-refractivity contribution in [3.05, 3.63) is 98.6 Å². The van der Waals surface area contributed by atoms with Gasteiger partial charge in [0.1, 0.15) is 11.4 Å². The zero-order chi connectivity index (χ0) is 26.6. The first-order valence-corrected chi connectivity index (χ1v) is 12.7. The second-order valence-electron chi connectivity index (χ2n) is 9.35. The molecule has 0 spiro atoms. The molecule has 10 nitrogen and oxygen atoms in total. The third-order valence-electron chi connectivity index (χ3n) is 6.93. The molecule has 0 radical (unpaired) electrons. The van der Waals surface area contributed by atoms with Gasteiger partial charge in [-0.05, 0) is 30.2 Å². The average molecular weight is 515 g/mol. The summed E-state index contributed by atoms with van der Waals surface area (Å²) in [5.41, 5.74) is 0.303. The van der Waals surface area contributed by atoms with E-state index in [1.54, 1.807) is 29.3 Å². The average Bonchev–Trinajstić information content (AvgIpc) is 3.47. The second kappa shape index (κ2) is 10.9. The van der Waals surface area contributed by atoms with Gasteiger partial charge in [0, 0.05) is 38.6 Å². The molecular weight excluding hydrogens is 484 g/mol. The molecule has 10 heteroatoms. The van der Waals surface area contributed by atoms with Crippen molar-refractivity contribution in [1.82, 2.24) is 19.6 Å². The molecule has 0 bridgehead atoms. The molecule has 3 N–H and O–H groups in total. The van der Waals surface area contributed by atoms with Crippen LogP contribution in [0.15, 0.2) is 76.6 Å². The largest absolute Gasteiger partial charge is 0.505 e. The Morgan fingerprint density at radius 1 is 0.974 bits per heavy atom. The molecule has 1 saturated heterocycles. The Balaban J connectivity index is 1.28. The molecule has 3 aromatic carbocycles. The number of benzene rings is 2. The van der Waals surface area contributed by atoms with Crippen LogP contribution < -0.4 is 21.5 Å². The molecule has 5 rings (SSSR count). The lowest BCUT2D eigenvalue weighted by molar-refractivity contribution is 0.0584. The van der Waals surface area contributed by atoms with E-state index in [1.807, 2.05) is 54.2 Å². The first kappa shape index (κ1) is 25.2. The van der Waals surface area contributed by atoms with E-state index in [0.29, 0.717) is 39.3 Å². The molecule has 4 aromatic rings. The fourth-order valence-electron chi connectivity index (χ4n) is 4.73. The molecule has 0 saturated carbocycles. The number of carbonyl (C=O) groups is 1. The van der Waals surface area contributed by atoms with Crippen molar-refractivity contribution in [3.63, 3.8) is 0 Å². The lowest BCUT2D eigenvalue weighted by atomic mass is 10.0. The minimum Gasteiger partial charge on any atom is -0.505 e. The first-order chi connectivity index (χ1) is 18.5. The Morgan fingerprint density at radius 3 is 2.39 bits per heavy atom. The number of para-hydroxylation sites is 1. The zero-order valence-corrected chi connectivity index (χ0v) is 21.1. The van der Waals surface area contributed by atoms with Gasteiger partial charge in [-0.1, -0.05) is 43.3 Å². The predicted octanol–water partition coefficient (Wildman–Crippen LogP) is 2.91. The number of carbonyl (C=O) groups excluding carboxylic acids is 1. The van der Waals surface area contributed by atoms with Crippen LogP contribution >= 0.6 is 0 Å². The van der Waals surface area contributed by atoms with Crippen LogP contribution in [0.1, 0.15) is 35.3 Å². The number of rotatable bonds is 9. The highest BCUT2D eigenvalue weighted by atomic mass is 16.3. The Bertz CT molecular complexity index is 1470. The SMILES string of the molecule is CC[C@@H](Nc1c(Nc2cccc(C(=O)N3CCN(Cn4cccn4)CC3)c2O)c(=O)c1=O)c1ccccc1. The third-order valence-corrected chi connectivity index (χ3v) is 6.93. The molecule has 2 heterocycles. The van der Waals surface area contributed by atoms with E-state index in [1.165, 1.54) is 0 Å². The molecule has 0 unspecified atom stereocenters. The monoisotopic (exact) mass is 514 g/mol. The van der Waals surface area contributed by atoms with Gasteiger partial charge in [0.05, 0.1) is 24.0 Å². The van der Waals surface area contributed by atoms with Crippen LogP contribution in [0, 0.1) is 0 Å². The number of hydrogen-bond donors (Lipinski definition) is 3. The molecule has 1 atom stereocenters. The Labute approximate surface area is 219 Å². The Hall–Kier alpha value is -4.44. The summed E-state index contributed by atoms with van der Waals surface area (Å²) in [7, 11) is 0. The van der Waals surface area contributed by atoms with E-state index in [-0.39, 0.29) is 40.3 Å². The van der Waals surface area contributed by atoms with Crippen LogP contribution in [0.4, 0.5) is 17.1 Å². The van der Waals surface area contributed by atoms with Gasteiger partial charge in [-0.25, -0.2) is 0 Å². The Morgan fingerprint density at radius 2 is 1.71 bits per heavy atom. The molecule has 1 aliphatic rings. The van der Waals surface area contributed by atoms with E-state index in [4.69, 9.17) is 0 Å². The van der Waals surface area contributed by atoms with Crippen molar-refractivity contribution in [2.45, 2.75) is 26.1 Å². The fourth-order valence-corrected chi connectivity index (χ4v) is 4.73. The number of amides is 1. The fraction of sp³-hybridized carbons (Fsp3) is 0.286. The summed E-state index contributed by atoms with van der Waals surface area (Å²) in [4.78, 5) is 42.0. The highest BCUT2D eigenvalue weighted by Crippen LogP contribution is 2.33. The van der Waals surface area contributed by atoms with Crippen molar-refractivity contribution >= 4 is 23.0 Å². The van der Waals surface area contributed by atoms with Crippen LogP contribution in [0.2, 0.25) is 0 Å². The van der Waals surface area contributed by atoms with Gasteiger partial charge in [0.15, 0.2) is 5.75 Å². The molecule has 1 aliphatic heterocycles. The number of anilines is 3. The van der Waals surface area contributed by atoms with Crippen molar-refractivity contribution in [2.24, 2.45) is 0 Å². The topological polar surface area (TPSA) is 120 Å². The van der Waals surface area contributed by atoms with Crippen molar-refractivity contribution in [3.8, 4) is 5.75 Å². The highest BCUT2D eigenvalue weighted by Gasteiger charge is 2.27. The van der Waals surface area contributed by atoms with Gasteiger partial charge in [0.2, 0.25) is 0 Å². The predicted molar refractivity (Wildman–Crippen MR) is 146 cm³/mol. The summed E-state index contributed by atoms with van der Waals surface area (Å²) in [5.74, 6) is -0.547. The molecular formula is C28H30N6O4. The lowest BCUT2D eigenvalue weighted by Gasteiger charge is -2.34. The van der Waals surface area contributed by atoms with Gasteiger partial charge in [-0.2, -0.15) is 5.10 Å². The molecule has 1 aromatic heterocycles. The number of nitrogens with one attached hydrogen (secondary N) is 2. The maximum absolute atomic E-state index is 13.2. The molecule has 1 fully saturated rings. The number of phenols is 1. The molecule has 196 valence electrons. The van der Waals surface area contributed by atoms with E-state index >= 15 is 0 Å². The number of nitrogens with zero attached hydrogens (tertiary/aromatic N) is 4. The summed E-state index contributed by atoms with van der Waals surface area (Å²) in [6, 6.07) is 16.1. The van der Waals surface area contributed by atoms with Crippen molar-refractivity contribution in [2.75, 3.05) is 36.8 Å². The van der Waals surface area contributed by atoms with Gasteiger partial charge in [-0.3, -0.25) is 24.0 Å². The van der Waals surface area contributed by atoms with Crippen molar-refractivity contribution in [1.29, 1.82) is 0 Å². The van der Waals surface area contributed by atoms with Crippen LogP contribution in [0.25, 0.3) is 0 Å². The van der Waals surface area contributed by atoms with Gasteiger partial charge >= 0.3 is 0 Å². The van der Waals surface area contributed by atoms with Crippen LogP contribution in [-0.2, 0) is 6.67 Å². The molecule has 38 heavy (non-hydrogen) atoms. The normalized spacial score (nSPS) is 14.9. The van der Waals surface area contributed by atoms with Crippen LogP contribution in [0.5, 0.6) is 5.75 Å². The van der Waals surface area contributed by atoms with Crippen molar-refractivity contribution < 1.29 is 9.90 Å². The summed E-state index contributed by atoms with van der Waals surface area (Å²) < 4.78 is 1.84. The lowest BCUT2D eigenvalue weighted by Crippen LogP contribution is -2.49. The summed E-state index contributed by atoms with van der Waals surface area (Å²) >= 11 is 0. The van der Waals surface area contributed by atoms with Gasteiger partial charge < -0.3 is 20.6 Å². The number of phenolic OH excluding ortho intramolecular Hbond substituents is 1. The van der Waals surface area contributed by atoms with E-state index in [2.05, 4.69) is 20.6 Å². The highest BCUT2D eigenvalue weighted by molar-refractivity contribution is 5.99.